The molecule has 0 radical (unpaired) electrons. The summed E-state index contributed by atoms with van der Waals surface area (Å²) in [5.74, 6) is -1.43. The first kappa shape index (κ1) is 10.4. The highest BCUT2D eigenvalue weighted by Crippen LogP contribution is 1.39. The van der Waals surface area contributed by atoms with E-state index in [1.54, 1.807) is 0 Å². The van der Waals surface area contributed by atoms with Crippen LogP contribution in [0.25, 0.3) is 0 Å². The predicted molar refractivity (Wildman–Crippen MR) is 27.5 cm³/mol. The molecule has 52 valence electrons. The fourth-order valence-corrected chi connectivity index (χ4v) is 0. The van der Waals surface area contributed by atoms with Gasteiger partial charge in [-0.2, -0.15) is 0 Å². The summed E-state index contributed by atoms with van der Waals surface area (Å²) in [6.07, 6.45) is -0.167. The number of carbonyl (C=O) groups excluding carboxylic acids is 2. The third-order valence-electron chi connectivity index (χ3n) is 0.101. The zero-order valence-electron chi connectivity index (χ0n) is 4.40. The Labute approximate surface area is 50.4 Å². The number of hydrogen-bond donors (Lipinski definition) is 3. The molecule has 0 bridgehead atoms. The van der Waals surface area contributed by atoms with Gasteiger partial charge in [0, 0.05) is 0 Å². The number of hydrogen-bond acceptors (Lipinski definition) is 3. The fraction of sp³-hybridized carbons (Fsp3) is 0. The first-order chi connectivity index (χ1) is 4.00. The van der Waals surface area contributed by atoms with Crippen LogP contribution in [0.4, 0.5) is 4.79 Å². The minimum absolute atomic E-state index is 0.167. The zero-order chi connectivity index (χ0) is 7.86. The lowest BCUT2D eigenvalue weighted by Gasteiger charge is -1.62. The number of carboxylic acids is 1. The van der Waals surface area contributed by atoms with Gasteiger partial charge in [0.1, 0.15) is 0 Å². The van der Waals surface area contributed by atoms with E-state index >= 15 is 0 Å². The molecule has 0 aromatic carbocycles. The van der Waals surface area contributed by atoms with Crippen molar-refractivity contribution in [3.63, 3.8) is 0 Å². The van der Waals surface area contributed by atoms with Gasteiger partial charge in [-0.05, 0) is 0 Å². The first-order valence-corrected chi connectivity index (χ1v) is 1.73. The molecule has 0 heterocycles. The quantitative estimate of drug-likeness (QED) is 0.292. The van der Waals surface area contributed by atoms with Crippen LogP contribution in [0.5, 0.6) is 0 Å². The molecule has 0 fully saturated rings. The summed E-state index contributed by atoms with van der Waals surface area (Å²) in [5, 5.41) is 7.35. The number of amides is 2. The van der Waals surface area contributed by atoms with E-state index in [2.05, 4.69) is 11.5 Å². The van der Waals surface area contributed by atoms with E-state index in [0.717, 1.165) is 0 Å². The van der Waals surface area contributed by atoms with Crippen LogP contribution in [0.2, 0.25) is 0 Å². The van der Waals surface area contributed by atoms with Gasteiger partial charge in [-0.3, -0.25) is 4.79 Å². The zero-order valence-corrected chi connectivity index (χ0v) is 4.40. The van der Waals surface area contributed by atoms with Crippen LogP contribution in [0.3, 0.4) is 0 Å². The van der Waals surface area contributed by atoms with E-state index in [9.17, 15) is 0 Å². The molecule has 9 heavy (non-hydrogen) atoms. The molecule has 6 nitrogen and oxygen atoms in total. The lowest BCUT2D eigenvalue weighted by molar-refractivity contribution is -0.143. The molecule has 0 aromatic heterocycles. The summed E-state index contributed by atoms with van der Waals surface area (Å²) in [6, 6.07) is -0.833. The van der Waals surface area contributed by atoms with Gasteiger partial charge in [-0.15, -0.1) is 0 Å². The molecule has 6 heteroatoms. The monoisotopic (exact) mass is 134 g/mol. The SMILES string of the molecule is NC(N)=O.O=CC(=O)O. The summed E-state index contributed by atoms with van der Waals surface area (Å²) in [6.45, 7) is 0. The fourth-order valence-electron chi connectivity index (χ4n) is 0. The molecule has 0 unspecified atom stereocenters. The molecule has 0 aliphatic rings. The molecule has 0 aliphatic heterocycles. The molecule has 5 N–H and O–H groups in total. The van der Waals surface area contributed by atoms with Crippen molar-refractivity contribution in [1.29, 1.82) is 0 Å². The molecule has 2 amide bonds. The van der Waals surface area contributed by atoms with Gasteiger partial charge in [0.05, 0.1) is 0 Å². The van der Waals surface area contributed by atoms with Crippen LogP contribution in [0.15, 0.2) is 0 Å². The van der Waals surface area contributed by atoms with Crippen molar-refractivity contribution in [3.8, 4) is 0 Å². The van der Waals surface area contributed by atoms with Gasteiger partial charge in [-0.1, -0.05) is 0 Å². The third kappa shape index (κ3) is 742. The summed E-state index contributed by atoms with van der Waals surface area (Å²) in [7, 11) is 0. The average Bonchev–Trinajstić information content (AvgIpc) is 1.65. The van der Waals surface area contributed by atoms with Gasteiger partial charge in [0.25, 0.3) is 0 Å². The molecular formula is C3H6N2O4. The maximum Gasteiger partial charge on any atom is 0.368 e. The highest BCUT2D eigenvalue weighted by Gasteiger charge is 1.80. The van der Waals surface area contributed by atoms with Gasteiger partial charge in [0.2, 0.25) is 6.29 Å². The Morgan fingerprint density at radius 3 is 1.44 bits per heavy atom. The maximum absolute atomic E-state index is 9.00. The Balaban J connectivity index is 0. The third-order valence-corrected chi connectivity index (χ3v) is 0.101. The Hall–Kier alpha value is -1.59. The second-order valence-corrected chi connectivity index (χ2v) is 0.858. The van der Waals surface area contributed by atoms with Crippen molar-refractivity contribution in [2.24, 2.45) is 11.5 Å². The highest BCUT2D eigenvalue weighted by atomic mass is 16.4. The normalized spacial score (nSPS) is 6.22. The van der Waals surface area contributed by atoms with Crippen LogP contribution in [0, 0.1) is 0 Å². The molecule has 0 atom stereocenters. The number of urea groups is 1. The lowest BCUT2D eigenvalue weighted by Crippen LogP contribution is -2.18. The molecule has 0 aromatic rings. The van der Waals surface area contributed by atoms with Crippen molar-refractivity contribution in [3.05, 3.63) is 0 Å². The topological polar surface area (TPSA) is 123 Å². The van der Waals surface area contributed by atoms with Gasteiger partial charge in [-0.25, -0.2) is 9.59 Å². The van der Waals surface area contributed by atoms with Crippen LogP contribution in [-0.4, -0.2) is 23.4 Å². The summed E-state index contributed by atoms with van der Waals surface area (Å²) in [4.78, 5) is 26.9. The predicted octanol–water partition coefficient (Wildman–Crippen LogP) is -1.71. The number of rotatable bonds is 1. The Bertz CT molecular complexity index is 117. The van der Waals surface area contributed by atoms with Crippen LogP contribution in [0.1, 0.15) is 0 Å². The van der Waals surface area contributed by atoms with Crippen molar-refractivity contribution < 1.29 is 19.5 Å². The van der Waals surface area contributed by atoms with E-state index in [4.69, 9.17) is 19.5 Å². The lowest BCUT2D eigenvalue weighted by atomic mass is 10.8. The standard InChI is InChI=1S/C2H2O3.CH4N2O/c3-1-2(4)5;2-1(3)4/h1H,(H,4,5);(H4,2,3,4). The average molecular weight is 134 g/mol. The van der Waals surface area contributed by atoms with E-state index in [1.807, 2.05) is 0 Å². The molecule has 0 saturated carbocycles. The Morgan fingerprint density at radius 1 is 1.33 bits per heavy atom. The minimum atomic E-state index is -1.43. The number of aliphatic carboxylic acids is 1. The smallest absolute Gasteiger partial charge is 0.368 e. The Morgan fingerprint density at radius 2 is 1.44 bits per heavy atom. The van der Waals surface area contributed by atoms with Crippen molar-refractivity contribution >= 4 is 18.3 Å². The van der Waals surface area contributed by atoms with E-state index in [-0.39, 0.29) is 6.29 Å². The summed E-state index contributed by atoms with van der Waals surface area (Å²) in [5.41, 5.74) is 8.50. The number of carboxylic acid groups (broad SMARTS) is 1. The largest absolute Gasteiger partial charge is 0.476 e. The molecule has 0 rings (SSSR count). The van der Waals surface area contributed by atoms with Gasteiger partial charge in [0.15, 0.2) is 0 Å². The van der Waals surface area contributed by atoms with Crippen LogP contribution >= 0.6 is 0 Å². The van der Waals surface area contributed by atoms with Crippen molar-refractivity contribution in [1.82, 2.24) is 0 Å². The number of carbonyl (C=O) groups is 3. The summed E-state index contributed by atoms with van der Waals surface area (Å²) < 4.78 is 0. The van der Waals surface area contributed by atoms with E-state index in [0.29, 0.717) is 0 Å². The second kappa shape index (κ2) is 6.41. The summed E-state index contributed by atoms with van der Waals surface area (Å²) >= 11 is 0. The molecular weight excluding hydrogens is 128 g/mol. The first-order valence-electron chi connectivity index (χ1n) is 1.73. The van der Waals surface area contributed by atoms with Crippen molar-refractivity contribution in [2.75, 3.05) is 0 Å². The van der Waals surface area contributed by atoms with Crippen LogP contribution in [-0.2, 0) is 9.59 Å². The van der Waals surface area contributed by atoms with E-state index < -0.39 is 12.0 Å². The van der Waals surface area contributed by atoms with Gasteiger partial charge < -0.3 is 16.6 Å². The van der Waals surface area contributed by atoms with E-state index in [1.165, 1.54) is 0 Å². The molecule has 0 saturated heterocycles. The molecule has 0 aliphatic carbocycles. The Kier molecular flexibility index (Phi) is 7.41. The van der Waals surface area contributed by atoms with Crippen LogP contribution < -0.4 is 11.5 Å². The minimum Gasteiger partial charge on any atom is -0.476 e. The number of aldehydes is 1. The van der Waals surface area contributed by atoms with Crippen molar-refractivity contribution in [2.45, 2.75) is 0 Å². The van der Waals surface area contributed by atoms with Gasteiger partial charge >= 0.3 is 12.0 Å². The number of nitrogens with two attached hydrogens (primary N) is 2. The second-order valence-electron chi connectivity index (χ2n) is 0.858. The number of primary amides is 2. The molecule has 0 spiro atoms. The highest BCUT2D eigenvalue weighted by molar-refractivity contribution is 6.19. The maximum atomic E-state index is 9.00.